The molecule has 25 heavy (non-hydrogen) atoms. The molecule has 3 aromatic heterocycles. The van der Waals surface area contributed by atoms with E-state index in [0.29, 0.717) is 28.6 Å². The lowest BCUT2D eigenvalue weighted by molar-refractivity contribution is -0.137. The number of pyridine rings is 1. The molecule has 0 radical (unpaired) electrons. The van der Waals surface area contributed by atoms with Crippen molar-refractivity contribution in [1.29, 1.82) is 0 Å². The molecule has 1 N–H and O–H groups in total. The number of aromatic nitrogens is 5. The van der Waals surface area contributed by atoms with Gasteiger partial charge in [-0.2, -0.15) is 23.4 Å². The summed E-state index contributed by atoms with van der Waals surface area (Å²) in [7, 11) is 0. The molecule has 4 aromatic rings. The molecule has 0 aliphatic heterocycles. The highest BCUT2D eigenvalue weighted by Crippen LogP contribution is 2.36. The fraction of sp³-hybridized carbons (Fsp3) is 0.118. The summed E-state index contributed by atoms with van der Waals surface area (Å²) >= 11 is 0. The molecule has 126 valence electrons. The molecule has 1 aromatic carbocycles. The smallest absolute Gasteiger partial charge is 0.278 e. The average Bonchev–Trinajstić information content (AvgIpc) is 3.23. The summed E-state index contributed by atoms with van der Waals surface area (Å²) in [5.74, 6) is 0. The van der Waals surface area contributed by atoms with Crippen LogP contribution in [0.4, 0.5) is 13.2 Å². The van der Waals surface area contributed by atoms with Crippen molar-refractivity contribution < 1.29 is 13.2 Å². The first-order valence-electron chi connectivity index (χ1n) is 7.48. The van der Waals surface area contributed by atoms with Gasteiger partial charge in [0.05, 0.1) is 35.7 Å². The number of rotatable bonds is 3. The van der Waals surface area contributed by atoms with Crippen LogP contribution in [0.5, 0.6) is 0 Å². The first kappa shape index (κ1) is 15.4. The highest BCUT2D eigenvalue weighted by molar-refractivity contribution is 5.94. The van der Waals surface area contributed by atoms with Gasteiger partial charge in [-0.1, -0.05) is 6.07 Å². The minimum Gasteiger partial charge on any atom is -0.278 e. The number of aromatic amines is 1. The largest absolute Gasteiger partial charge is 0.416 e. The first-order chi connectivity index (χ1) is 12.0. The van der Waals surface area contributed by atoms with Crippen molar-refractivity contribution in [3.63, 3.8) is 0 Å². The van der Waals surface area contributed by atoms with Gasteiger partial charge in [0.2, 0.25) is 0 Å². The minimum absolute atomic E-state index is 0.335. The number of H-pyrrole nitrogens is 1. The molecule has 0 aliphatic rings. The molecule has 8 heteroatoms. The van der Waals surface area contributed by atoms with Gasteiger partial charge in [-0.15, -0.1) is 0 Å². The maximum atomic E-state index is 13.1. The SMILES string of the molecule is FC(F)(F)c1cc(-c2cnn(Cc3ccccn3)c2)c2cn[nH]c2c1. The second-order valence-electron chi connectivity index (χ2n) is 5.60. The van der Waals surface area contributed by atoms with Crippen LogP contribution in [-0.4, -0.2) is 25.0 Å². The van der Waals surface area contributed by atoms with E-state index >= 15 is 0 Å². The van der Waals surface area contributed by atoms with Gasteiger partial charge in [-0.25, -0.2) is 0 Å². The Labute approximate surface area is 140 Å². The van der Waals surface area contributed by atoms with Crippen LogP contribution in [-0.2, 0) is 12.7 Å². The topological polar surface area (TPSA) is 59.4 Å². The normalized spacial score (nSPS) is 12.0. The summed E-state index contributed by atoms with van der Waals surface area (Å²) in [5, 5.41) is 11.3. The van der Waals surface area contributed by atoms with E-state index in [0.717, 1.165) is 17.8 Å². The van der Waals surface area contributed by atoms with Gasteiger partial charge in [0.1, 0.15) is 0 Å². The number of halogens is 3. The van der Waals surface area contributed by atoms with E-state index in [2.05, 4.69) is 20.3 Å². The van der Waals surface area contributed by atoms with Crippen molar-refractivity contribution in [1.82, 2.24) is 25.0 Å². The van der Waals surface area contributed by atoms with Gasteiger partial charge in [0.25, 0.3) is 0 Å². The van der Waals surface area contributed by atoms with Crippen LogP contribution in [0.3, 0.4) is 0 Å². The van der Waals surface area contributed by atoms with Crippen LogP contribution in [0.1, 0.15) is 11.3 Å². The predicted molar refractivity (Wildman–Crippen MR) is 85.7 cm³/mol. The zero-order valence-electron chi connectivity index (χ0n) is 12.8. The number of hydrogen-bond acceptors (Lipinski definition) is 3. The average molecular weight is 343 g/mol. The van der Waals surface area contributed by atoms with Gasteiger partial charge < -0.3 is 0 Å². The molecule has 0 bridgehead atoms. The Bertz CT molecular complexity index is 1020. The third-order valence-corrected chi connectivity index (χ3v) is 3.88. The van der Waals surface area contributed by atoms with Crippen molar-refractivity contribution in [3.05, 3.63) is 66.4 Å². The summed E-state index contributed by atoms with van der Waals surface area (Å²) in [5.41, 5.74) is 1.45. The monoisotopic (exact) mass is 343 g/mol. The van der Waals surface area contributed by atoms with E-state index in [1.807, 2.05) is 18.2 Å². The molecule has 0 saturated carbocycles. The number of nitrogens with one attached hydrogen (secondary N) is 1. The molecule has 0 saturated heterocycles. The van der Waals surface area contributed by atoms with E-state index in [-0.39, 0.29) is 0 Å². The van der Waals surface area contributed by atoms with Crippen LogP contribution in [0.2, 0.25) is 0 Å². The Balaban J connectivity index is 1.76. The highest BCUT2D eigenvalue weighted by atomic mass is 19.4. The summed E-state index contributed by atoms with van der Waals surface area (Å²) in [6.45, 7) is 0.439. The molecule has 0 amide bonds. The Morgan fingerprint density at radius 1 is 1.12 bits per heavy atom. The predicted octanol–water partition coefficient (Wildman–Crippen LogP) is 3.89. The van der Waals surface area contributed by atoms with Gasteiger partial charge in [0.15, 0.2) is 0 Å². The number of hydrogen-bond donors (Lipinski definition) is 1. The van der Waals surface area contributed by atoms with Crippen molar-refractivity contribution in [2.24, 2.45) is 0 Å². The van der Waals surface area contributed by atoms with E-state index < -0.39 is 11.7 Å². The molecule has 0 atom stereocenters. The van der Waals surface area contributed by atoms with E-state index in [1.165, 1.54) is 6.20 Å². The van der Waals surface area contributed by atoms with E-state index in [9.17, 15) is 13.2 Å². The molecule has 0 aliphatic carbocycles. The second kappa shape index (κ2) is 5.73. The van der Waals surface area contributed by atoms with Crippen molar-refractivity contribution >= 4 is 10.9 Å². The van der Waals surface area contributed by atoms with Gasteiger partial charge in [-0.3, -0.25) is 14.8 Å². The zero-order chi connectivity index (χ0) is 17.4. The Morgan fingerprint density at radius 3 is 2.76 bits per heavy atom. The quantitative estimate of drug-likeness (QED) is 0.614. The zero-order valence-corrected chi connectivity index (χ0v) is 12.8. The third-order valence-electron chi connectivity index (χ3n) is 3.88. The Kier molecular flexibility index (Phi) is 3.52. The van der Waals surface area contributed by atoms with Crippen LogP contribution < -0.4 is 0 Å². The van der Waals surface area contributed by atoms with Crippen LogP contribution in [0.25, 0.3) is 22.0 Å². The maximum absolute atomic E-state index is 13.1. The fourth-order valence-electron chi connectivity index (χ4n) is 2.70. The number of fused-ring (bicyclic) bond motifs is 1. The summed E-state index contributed by atoms with van der Waals surface area (Å²) in [4.78, 5) is 4.22. The Morgan fingerprint density at radius 2 is 2.00 bits per heavy atom. The van der Waals surface area contributed by atoms with E-state index in [1.54, 1.807) is 23.3 Å². The van der Waals surface area contributed by atoms with Crippen LogP contribution in [0, 0.1) is 0 Å². The minimum atomic E-state index is -4.43. The lowest BCUT2D eigenvalue weighted by Crippen LogP contribution is -2.05. The van der Waals surface area contributed by atoms with Crippen LogP contribution in [0.15, 0.2) is 55.1 Å². The number of nitrogens with zero attached hydrogens (tertiary/aromatic N) is 4. The van der Waals surface area contributed by atoms with Crippen LogP contribution >= 0.6 is 0 Å². The third kappa shape index (κ3) is 2.98. The molecule has 0 unspecified atom stereocenters. The molecule has 5 nitrogen and oxygen atoms in total. The molecular weight excluding hydrogens is 331 g/mol. The van der Waals surface area contributed by atoms with Crippen molar-refractivity contribution in [3.8, 4) is 11.1 Å². The summed E-state index contributed by atoms with van der Waals surface area (Å²) < 4.78 is 41.1. The standard InChI is InChI=1S/C17H12F3N5/c18-17(19,20)12-5-14(15-8-22-24-16(15)6-12)11-7-23-25(9-11)10-13-3-1-2-4-21-13/h1-9H,10H2,(H,22,24). The number of benzene rings is 1. The van der Waals surface area contributed by atoms with Crippen molar-refractivity contribution in [2.75, 3.05) is 0 Å². The summed E-state index contributed by atoms with van der Waals surface area (Å²) in [6, 6.07) is 7.73. The molecule has 4 rings (SSSR count). The summed E-state index contributed by atoms with van der Waals surface area (Å²) in [6.07, 6.45) is 2.02. The van der Waals surface area contributed by atoms with Gasteiger partial charge in [-0.05, 0) is 29.8 Å². The first-order valence-corrected chi connectivity index (χ1v) is 7.48. The van der Waals surface area contributed by atoms with Gasteiger partial charge >= 0.3 is 6.18 Å². The Hall–Kier alpha value is -3.16. The number of alkyl halides is 3. The maximum Gasteiger partial charge on any atom is 0.416 e. The fourth-order valence-corrected chi connectivity index (χ4v) is 2.70. The second-order valence-corrected chi connectivity index (χ2v) is 5.60. The molecule has 0 fully saturated rings. The molecule has 0 spiro atoms. The highest BCUT2D eigenvalue weighted by Gasteiger charge is 2.31. The molecule has 3 heterocycles. The lowest BCUT2D eigenvalue weighted by atomic mass is 10.0. The van der Waals surface area contributed by atoms with Crippen molar-refractivity contribution in [2.45, 2.75) is 12.7 Å². The lowest BCUT2D eigenvalue weighted by Gasteiger charge is -2.09. The molecular formula is C17H12F3N5. The van der Waals surface area contributed by atoms with E-state index in [4.69, 9.17) is 0 Å². The van der Waals surface area contributed by atoms with Gasteiger partial charge in [0, 0.05) is 23.3 Å².